The number of rotatable bonds is 5. The molecule has 0 aromatic heterocycles. The molecule has 1 fully saturated rings. The van der Waals surface area contributed by atoms with Crippen LogP contribution in [-0.4, -0.2) is 29.1 Å². The second-order valence-electron chi connectivity index (χ2n) is 6.25. The lowest BCUT2D eigenvalue weighted by Gasteiger charge is -2.23. The number of hydrogen-bond acceptors (Lipinski definition) is 3. The third kappa shape index (κ3) is 4.01. The fraction of sp³-hybridized carbons (Fsp3) is 0.368. The van der Waals surface area contributed by atoms with Gasteiger partial charge in [0.1, 0.15) is 0 Å². The third-order valence-corrected chi connectivity index (χ3v) is 5.45. The van der Waals surface area contributed by atoms with Crippen LogP contribution < -0.4 is 10.2 Å². The van der Waals surface area contributed by atoms with Crippen molar-refractivity contribution in [1.29, 1.82) is 0 Å². The molecule has 1 aliphatic rings. The molecule has 0 bridgehead atoms. The average molecular weight is 328 g/mol. The van der Waals surface area contributed by atoms with E-state index in [1.54, 1.807) is 6.26 Å². The summed E-state index contributed by atoms with van der Waals surface area (Å²) in [6, 6.07) is 19.7. The Balaban J connectivity index is 1.56. The van der Waals surface area contributed by atoms with Crippen molar-refractivity contribution in [1.82, 2.24) is 5.32 Å². The Kier molecular flexibility index (Phi) is 5.13. The van der Waals surface area contributed by atoms with E-state index in [4.69, 9.17) is 0 Å². The predicted octanol–water partition coefficient (Wildman–Crippen LogP) is 3.18. The van der Waals surface area contributed by atoms with Crippen molar-refractivity contribution < 1.29 is 4.21 Å². The maximum absolute atomic E-state index is 11.4. The third-order valence-electron chi connectivity index (χ3n) is 4.51. The molecule has 3 atom stereocenters. The lowest BCUT2D eigenvalue weighted by atomic mass is 10.1. The summed E-state index contributed by atoms with van der Waals surface area (Å²) >= 11 is 0. The number of anilines is 1. The van der Waals surface area contributed by atoms with Gasteiger partial charge in [-0.2, -0.15) is 0 Å². The smallest absolute Gasteiger partial charge is 0.0498 e. The highest BCUT2D eigenvalue weighted by Crippen LogP contribution is 2.25. The molecule has 3 rings (SSSR count). The summed E-state index contributed by atoms with van der Waals surface area (Å²) in [6.45, 7) is 4.19. The van der Waals surface area contributed by atoms with E-state index in [1.165, 1.54) is 11.3 Å². The van der Waals surface area contributed by atoms with Gasteiger partial charge in [0.25, 0.3) is 0 Å². The van der Waals surface area contributed by atoms with E-state index in [0.29, 0.717) is 12.1 Å². The van der Waals surface area contributed by atoms with E-state index < -0.39 is 10.8 Å². The van der Waals surface area contributed by atoms with E-state index in [1.807, 2.05) is 12.1 Å². The largest absolute Gasteiger partial charge is 0.367 e. The van der Waals surface area contributed by atoms with Crippen LogP contribution in [0.2, 0.25) is 0 Å². The molecule has 4 heteroatoms. The van der Waals surface area contributed by atoms with Crippen LogP contribution in [0.25, 0.3) is 0 Å². The topological polar surface area (TPSA) is 32.3 Å². The van der Waals surface area contributed by atoms with Gasteiger partial charge in [0, 0.05) is 52.8 Å². The van der Waals surface area contributed by atoms with Gasteiger partial charge in [0.05, 0.1) is 0 Å². The minimum atomic E-state index is -0.901. The molecule has 1 aliphatic heterocycles. The molecule has 1 saturated heterocycles. The minimum Gasteiger partial charge on any atom is -0.367 e. The number of nitrogens with one attached hydrogen (secondary N) is 1. The quantitative estimate of drug-likeness (QED) is 0.915. The molecule has 1 heterocycles. The molecule has 122 valence electrons. The van der Waals surface area contributed by atoms with Gasteiger partial charge in [-0.25, -0.2) is 0 Å². The van der Waals surface area contributed by atoms with Crippen LogP contribution in [0, 0.1) is 0 Å². The summed E-state index contributed by atoms with van der Waals surface area (Å²) in [5, 5.41) is 3.66. The Morgan fingerprint density at radius 1 is 1.13 bits per heavy atom. The molecular weight excluding hydrogens is 304 g/mol. The van der Waals surface area contributed by atoms with Crippen LogP contribution in [0.3, 0.4) is 0 Å². The van der Waals surface area contributed by atoms with Crippen molar-refractivity contribution in [2.24, 2.45) is 0 Å². The molecule has 23 heavy (non-hydrogen) atoms. The zero-order valence-corrected chi connectivity index (χ0v) is 14.6. The van der Waals surface area contributed by atoms with Crippen molar-refractivity contribution in [2.45, 2.75) is 36.9 Å². The molecule has 0 unspecified atom stereocenters. The Morgan fingerprint density at radius 2 is 1.83 bits per heavy atom. The van der Waals surface area contributed by atoms with Crippen molar-refractivity contribution in [3.63, 3.8) is 0 Å². The molecule has 0 saturated carbocycles. The normalized spacial score (nSPS) is 22.3. The average Bonchev–Trinajstić information content (AvgIpc) is 2.95. The Labute approximate surface area is 141 Å². The van der Waals surface area contributed by atoms with Gasteiger partial charge in [-0.15, -0.1) is 0 Å². The summed E-state index contributed by atoms with van der Waals surface area (Å²) in [5.74, 6) is 0. The fourth-order valence-electron chi connectivity index (χ4n) is 3.22. The first kappa shape index (κ1) is 16.2. The van der Waals surface area contributed by atoms with E-state index in [0.717, 1.165) is 24.4 Å². The van der Waals surface area contributed by atoms with Gasteiger partial charge >= 0.3 is 0 Å². The van der Waals surface area contributed by atoms with E-state index in [2.05, 4.69) is 59.6 Å². The Hall–Kier alpha value is -1.65. The molecule has 1 N–H and O–H groups in total. The molecule has 2 aromatic rings. The van der Waals surface area contributed by atoms with Crippen LogP contribution in [0.5, 0.6) is 0 Å². The van der Waals surface area contributed by atoms with Crippen LogP contribution in [0.4, 0.5) is 5.69 Å². The van der Waals surface area contributed by atoms with Crippen LogP contribution in [0.15, 0.2) is 59.5 Å². The van der Waals surface area contributed by atoms with Crippen molar-refractivity contribution in [3.8, 4) is 0 Å². The molecule has 0 amide bonds. The maximum atomic E-state index is 11.4. The van der Waals surface area contributed by atoms with Gasteiger partial charge in [-0.1, -0.05) is 30.3 Å². The van der Waals surface area contributed by atoms with Gasteiger partial charge < -0.3 is 10.2 Å². The first-order chi connectivity index (χ1) is 11.1. The van der Waals surface area contributed by atoms with Gasteiger partial charge in [-0.3, -0.25) is 4.21 Å². The summed E-state index contributed by atoms with van der Waals surface area (Å²) in [6.07, 6.45) is 2.87. The van der Waals surface area contributed by atoms with Crippen molar-refractivity contribution in [3.05, 3.63) is 60.2 Å². The number of nitrogens with zero attached hydrogens (tertiary/aromatic N) is 1. The lowest BCUT2D eigenvalue weighted by molar-refractivity contribution is 0.538. The van der Waals surface area contributed by atoms with E-state index in [-0.39, 0.29) is 0 Å². The predicted molar refractivity (Wildman–Crippen MR) is 97.3 cm³/mol. The second-order valence-corrected chi connectivity index (χ2v) is 7.63. The van der Waals surface area contributed by atoms with Gasteiger partial charge in [-0.05, 0) is 43.2 Å². The molecule has 2 aromatic carbocycles. The monoisotopic (exact) mass is 328 g/mol. The van der Waals surface area contributed by atoms with E-state index >= 15 is 0 Å². The maximum Gasteiger partial charge on any atom is 0.0498 e. The molecule has 3 nitrogen and oxygen atoms in total. The Bertz CT molecular complexity index is 657. The molecular formula is C19H24N2OS. The molecule has 0 aliphatic carbocycles. The van der Waals surface area contributed by atoms with Crippen molar-refractivity contribution >= 4 is 16.5 Å². The Morgan fingerprint density at radius 3 is 2.48 bits per heavy atom. The van der Waals surface area contributed by atoms with Crippen LogP contribution in [0.1, 0.15) is 18.9 Å². The van der Waals surface area contributed by atoms with Crippen LogP contribution >= 0.6 is 0 Å². The van der Waals surface area contributed by atoms with Crippen molar-refractivity contribution in [2.75, 3.05) is 17.7 Å². The number of benzene rings is 2. The molecule has 0 spiro atoms. The standard InChI is InChI=1S/C19H24N2OS/c1-15-12-17(14-21(15)18-6-4-3-5-7-18)20-13-16-8-10-19(11-9-16)23(2)22/h3-11,15,17,20H,12-14H2,1-2H3/t15-,17+,23-/m0/s1. The highest BCUT2D eigenvalue weighted by molar-refractivity contribution is 7.84. The summed E-state index contributed by atoms with van der Waals surface area (Å²) in [4.78, 5) is 3.36. The highest BCUT2D eigenvalue weighted by atomic mass is 32.2. The van der Waals surface area contributed by atoms with E-state index in [9.17, 15) is 4.21 Å². The number of para-hydroxylation sites is 1. The minimum absolute atomic E-state index is 0.505. The fourth-order valence-corrected chi connectivity index (χ4v) is 3.74. The zero-order chi connectivity index (χ0) is 16.2. The second kappa shape index (κ2) is 7.28. The lowest BCUT2D eigenvalue weighted by Crippen LogP contribution is -2.32. The summed E-state index contributed by atoms with van der Waals surface area (Å²) < 4.78 is 11.4. The first-order valence-corrected chi connectivity index (χ1v) is 9.67. The van der Waals surface area contributed by atoms with Gasteiger partial charge in [0.2, 0.25) is 0 Å². The highest BCUT2D eigenvalue weighted by Gasteiger charge is 2.28. The first-order valence-electron chi connectivity index (χ1n) is 8.11. The SMILES string of the molecule is C[C@H]1C[C@@H](NCc2ccc([S@](C)=O)cc2)CN1c1ccccc1. The summed E-state index contributed by atoms with van der Waals surface area (Å²) in [5.41, 5.74) is 2.55. The van der Waals surface area contributed by atoms with Gasteiger partial charge in [0.15, 0.2) is 0 Å². The van der Waals surface area contributed by atoms with Crippen LogP contribution in [-0.2, 0) is 17.3 Å². The summed E-state index contributed by atoms with van der Waals surface area (Å²) in [7, 11) is -0.901. The zero-order valence-electron chi connectivity index (χ0n) is 13.7. The number of hydrogen-bond donors (Lipinski definition) is 1. The molecule has 0 radical (unpaired) electrons.